The number of hydrogen-bond donors (Lipinski definition) is 3. The lowest BCUT2D eigenvalue weighted by atomic mass is 10.1. The van der Waals surface area contributed by atoms with Crippen molar-refractivity contribution in [3.05, 3.63) is 84.7 Å². The number of aryl methyl sites for hydroxylation is 1. The minimum atomic E-state index is -4.76. The lowest BCUT2D eigenvalue weighted by molar-refractivity contribution is -0.274. The van der Waals surface area contributed by atoms with Gasteiger partial charge in [-0.15, -0.1) is 18.3 Å². The van der Waals surface area contributed by atoms with Gasteiger partial charge in [0.25, 0.3) is 0 Å². The molecule has 0 aliphatic heterocycles. The number of thiocarbonyl (C=S) groups is 1. The number of halogens is 3. The number of hydrogen-bond acceptors (Lipinski definition) is 5. The number of nitrogens with zero attached hydrogens (tertiary/aromatic N) is 3. The third-order valence-electron chi connectivity index (χ3n) is 5.24. The second-order valence-electron chi connectivity index (χ2n) is 8.07. The zero-order valence-electron chi connectivity index (χ0n) is 20.1. The van der Waals surface area contributed by atoms with Gasteiger partial charge in [0.2, 0.25) is 0 Å². The second-order valence-corrected chi connectivity index (χ2v) is 8.48. The molecule has 0 aliphatic rings. The average molecular weight is 541 g/mol. The Kier molecular flexibility index (Phi) is 8.22. The topological polar surface area (TPSA) is 93.1 Å². The first kappa shape index (κ1) is 26.6. The Balaban J connectivity index is 1.33. The first-order valence-electron chi connectivity index (χ1n) is 11.6. The van der Waals surface area contributed by atoms with Crippen LogP contribution in [-0.2, 0) is 6.42 Å². The number of amides is 2. The number of para-hydroxylation sites is 1. The molecule has 3 aromatic carbocycles. The summed E-state index contributed by atoms with van der Waals surface area (Å²) in [6.07, 6.45) is -1.44. The highest BCUT2D eigenvalue weighted by molar-refractivity contribution is 7.80. The molecule has 12 heteroatoms. The van der Waals surface area contributed by atoms with E-state index in [-0.39, 0.29) is 10.9 Å². The van der Waals surface area contributed by atoms with Crippen molar-refractivity contribution in [2.75, 3.05) is 10.6 Å². The molecule has 3 N–H and O–H groups in total. The maximum atomic E-state index is 12.4. The summed E-state index contributed by atoms with van der Waals surface area (Å²) in [4.78, 5) is 16.6. The molecule has 0 spiro atoms. The fourth-order valence-corrected chi connectivity index (χ4v) is 3.77. The lowest BCUT2D eigenvalue weighted by Gasteiger charge is -2.13. The number of ether oxygens (including phenoxy) is 1. The fraction of sp³-hybridized carbons (Fsp3) is 0.154. The van der Waals surface area contributed by atoms with E-state index in [1.807, 2.05) is 24.3 Å². The Morgan fingerprint density at radius 2 is 1.71 bits per heavy atom. The number of nitrogens with one attached hydrogen (secondary N) is 3. The first-order chi connectivity index (χ1) is 18.2. The van der Waals surface area contributed by atoms with Gasteiger partial charge in [0, 0.05) is 16.9 Å². The highest BCUT2D eigenvalue weighted by Crippen LogP contribution is 2.24. The smallest absolute Gasteiger partial charge is 0.406 e. The van der Waals surface area contributed by atoms with Crippen LogP contribution >= 0.6 is 12.2 Å². The summed E-state index contributed by atoms with van der Waals surface area (Å²) >= 11 is 5.27. The molecule has 196 valence electrons. The standard InChI is InChI=1S/C26H23F3N6O2S/c1-2-5-17-6-3-4-7-22(17)32-25(38)33-24(36)31-19-10-8-18(9-11-19)23-30-16-35(34-23)20-12-14-21(15-13-20)37-26(27,28)29/h3-4,6-16H,2,5H2,1H3,(H3,31,32,33,36,38). The van der Waals surface area contributed by atoms with Crippen molar-refractivity contribution in [2.45, 2.75) is 26.1 Å². The Labute approximate surface area is 221 Å². The molecule has 0 aliphatic carbocycles. The quantitative estimate of drug-likeness (QED) is 0.238. The van der Waals surface area contributed by atoms with Crippen LogP contribution in [-0.4, -0.2) is 32.3 Å². The van der Waals surface area contributed by atoms with E-state index < -0.39 is 12.4 Å². The molecule has 1 heterocycles. The van der Waals surface area contributed by atoms with Crippen LogP contribution in [0.15, 0.2) is 79.1 Å². The Bertz CT molecular complexity index is 1410. The summed E-state index contributed by atoms with van der Waals surface area (Å²) in [6, 6.07) is 19.4. The predicted octanol–water partition coefficient (Wildman–Crippen LogP) is 6.30. The van der Waals surface area contributed by atoms with E-state index in [1.54, 1.807) is 24.3 Å². The van der Waals surface area contributed by atoms with Crippen LogP contribution in [0.3, 0.4) is 0 Å². The SMILES string of the molecule is CCCc1ccccc1NC(=S)NC(=O)Nc1ccc(-c2ncn(-c3ccc(OC(F)(F)F)cc3)n2)cc1. The van der Waals surface area contributed by atoms with E-state index in [4.69, 9.17) is 12.2 Å². The minimum absolute atomic E-state index is 0.176. The average Bonchev–Trinajstić information content (AvgIpc) is 3.35. The van der Waals surface area contributed by atoms with Crippen molar-refractivity contribution in [2.24, 2.45) is 0 Å². The molecule has 0 bridgehead atoms. The number of urea groups is 1. The van der Waals surface area contributed by atoms with Crippen molar-refractivity contribution in [3.8, 4) is 22.8 Å². The first-order valence-corrected chi connectivity index (χ1v) is 12.0. The van der Waals surface area contributed by atoms with Gasteiger partial charge in [-0.3, -0.25) is 5.32 Å². The number of carbonyl (C=O) groups excluding carboxylic acids is 1. The number of benzene rings is 3. The van der Waals surface area contributed by atoms with Crippen molar-refractivity contribution >= 4 is 34.7 Å². The van der Waals surface area contributed by atoms with Crippen molar-refractivity contribution < 1.29 is 22.7 Å². The normalized spacial score (nSPS) is 11.1. The molecule has 0 saturated heterocycles. The molecule has 4 aromatic rings. The van der Waals surface area contributed by atoms with E-state index in [0.717, 1.165) is 24.1 Å². The van der Waals surface area contributed by atoms with Gasteiger partial charge in [0.05, 0.1) is 5.69 Å². The van der Waals surface area contributed by atoms with Crippen LogP contribution in [0.4, 0.5) is 29.3 Å². The molecule has 2 amide bonds. The Morgan fingerprint density at radius 3 is 2.39 bits per heavy atom. The molecule has 38 heavy (non-hydrogen) atoms. The Hall–Kier alpha value is -4.45. The van der Waals surface area contributed by atoms with Gasteiger partial charge in [0.15, 0.2) is 10.9 Å². The second kappa shape index (κ2) is 11.7. The number of rotatable bonds is 7. The van der Waals surface area contributed by atoms with Gasteiger partial charge < -0.3 is 15.4 Å². The highest BCUT2D eigenvalue weighted by atomic mass is 32.1. The number of carbonyl (C=O) groups is 1. The fourth-order valence-electron chi connectivity index (χ4n) is 3.57. The van der Waals surface area contributed by atoms with Crippen LogP contribution in [0.2, 0.25) is 0 Å². The van der Waals surface area contributed by atoms with Crippen molar-refractivity contribution in [3.63, 3.8) is 0 Å². The lowest BCUT2D eigenvalue weighted by Crippen LogP contribution is -2.37. The maximum Gasteiger partial charge on any atom is 0.573 e. The van der Waals surface area contributed by atoms with Gasteiger partial charge in [-0.2, -0.15) is 0 Å². The van der Waals surface area contributed by atoms with Gasteiger partial charge in [-0.25, -0.2) is 14.5 Å². The Morgan fingerprint density at radius 1 is 1.00 bits per heavy atom. The van der Waals surface area contributed by atoms with Crippen LogP contribution in [0.1, 0.15) is 18.9 Å². The van der Waals surface area contributed by atoms with Crippen molar-refractivity contribution in [1.29, 1.82) is 0 Å². The zero-order valence-corrected chi connectivity index (χ0v) is 20.9. The summed E-state index contributed by atoms with van der Waals surface area (Å²) in [5.74, 6) is 0.0688. The molecule has 0 saturated carbocycles. The number of aromatic nitrogens is 3. The third-order valence-corrected chi connectivity index (χ3v) is 5.44. The van der Waals surface area contributed by atoms with E-state index in [0.29, 0.717) is 22.8 Å². The summed E-state index contributed by atoms with van der Waals surface area (Å²) in [7, 11) is 0. The summed E-state index contributed by atoms with van der Waals surface area (Å²) in [5.41, 5.74) is 3.67. The zero-order chi connectivity index (χ0) is 27.1. The van der Waals surface area contributed by atoms with Crippen LogP contribution < -0.4 is 20.7 Å². The largest absolute Gasteiger partial charge is 0.573 e. The maximum absolute atomic E-state index is 12.4. The molecule has 8 nitrogen and oxygen atoms in total. The third kappa shape index (κ3) is 7.29. The van der Waals surface area contributed by atoms with Gasteiger partial charge in [0.1, 0.15) is 12.1 Å². The van der Waals surface area contributed by atoms with Gasteiger partial charge >= 0.3 is 12.4 Å². The molecular weight excluding hydrogens is 517 g/mol. The molecule has 0 unspecified atom stereocenters. The molecule has 0 atom stereocenters. The molecule has 0 fully saturated rings. The minimum Gasteiger partial charge on any atom is -0.406 e. The summed E-state index contributed by atoms with van der Waals surface area (Å²) < 4.78 is 42.3. The van der Waals surface area contributed by atoms with Crippen LogP contribution in [0.5, 0.6) is 5.75 Å². The van der Waals surface area contributed by atoms with Gasteiger partial charge in [-0.05, 0) is 78.8 Å². The van der Waals surface area contributed by atoms with E-state index in [2.05, 4.69) is 37.7 Å². The van der Waals surface area contributed by atoms with Crippen LogP contribution in [0.25, 0.3) is 17.1 Å². The number of anilines is 2. The van der Waals surface area contributed by atoms with E-state index in [9.17, 15) is 18.0 Å². The molecule has 4 rings (SSSR count). The number of alkyl halides is 3. The van der Waals surface area contributed by atoms with Crippen LogP contribution in [0, 0.1) is 0 Å². The summed E-state index contributed by atoms with van der Waals surface area (Å²) in [6.45, 7) is 2.09. The summed E-state index contributed by atoms with van der Waals surface area (Å²) in [5, 5.41) is 12.9. The predicted molar refractivity (Wildman–Crippen MR) is 142 cm³/mol. The highest BCUT2D eigenvalue weighted by Gasteiger charge is 2.31. The van der Waals surface area contributed by atoms with Crippen molar-refractivity contribution in [1.82, 2.24) is 20.1 Å². The monoisotopic (exact) mass is 540 g/mol. The molecular formula is C26H23F3N6O2S. The molecule has 1 aromatic heterocycles. The van der Waals surface area contributed by atoms with E-state index in [1.165, 1.54) is 35.3 Å². The van der Waals surface area contributed by atoms with Gasteiger partial charge in [-0.1, -0.05) is 31.5 Å². The van der Waals surface area contributed by atoms with E-state index >= 15 is 0 Å². The molecule has 0 radical (unpaired) electrons.